The summed E-state index contributed by atoms with van der Waals surface area (Å²) >= 11 is 0. The molecule has 0 saturated carbocycles. The number of carbonyl (C=O) groups is 1. The van der Waals surface area contributed by atoms with Crippen molar-refractivity contribution in [2.75, 3.05) is 26.2 Å². The molecule has 0 aliphatic rings. The topological polar surface area (TPSA) is 41.9 Å². The number of hydrogen-bond acceptors (Lipinski definition) is 3. The fourth-order valence-electron chi connectivity index (χ4n) is 0.929. The molecule has 4 nitrogen and oxygen atoms in total. The number of ether oxygens (including phenoxy) is 1. The molecule has 0 aromatic heterocycles. The van der Waals surface area contributed by atoms with E-state index in [1.165, 1.54) is 6.08 Å². The summed E-state index contributed by atoms with van der Waals surface area (Å²) in [7, 11) is 0. The van der Waals surface area contributed by atoms with Crippen molar-refractivity contribution in [1.29, 1.82) is 0 Å². The Balaban J connectivity index is 3.93. The van der Waals surface area contributed by atoms with Crippen LogP contribution in [0, 0.1) is 0 Å². The van der Waals surface area contributed by atoms with Crippen LogP contribution in [0.15, 0.2) is 43.0 Å². The zero-order chi connectivity index (χ0) is 12.2. The Morgan fingerprint density at radius 2 is 1.81 bits per heavy atom. The quantitative estimate of drug-likeness (QED) is 0.256. The summed E-state index contributed by atoms with van der Waals surface area (Å²) in [4.78, 5) is 16.9. The minimum Gasteiger partial charge on any atom is -0.460 e. The van der Waals surface area contributed by atoms with E-state index in [1.54, 1.807) is 18.5 Å². The summed E-state index contributed by atoms with van der Waals surface area (Å²) in [6, 6.07) is 0. The lowest BCUT2D eigenvalue weighted by atomic mass is 10.5. The van der Waals surface area contributed by atoms with Crippen LogP contribution in [-0.4, -0.2) is 43.4 Å². The van der Waals surface area contributed by atoms with Gasteiger partial charge in [0.15, 0.2) is 0 Å². The van der Waals surface area contributed by atoms with Gasteiger partial charge in [0.25, 0.3) is 0 Å². The molecule has 0 bridgehead atoms. The number of rotatable bonds is 9. The fraction of sp³-hybridized carbons (Fsp3) is 0.333. The molecule has 0 N–H and O–H groups in total. The van der Waals surface area contributed by atoms with E-state index in [1.807, 2.05) is 4.90 Å². The molecule has 0 amide bonds. The molecule has 0 saturated heterocycles. The van der Waals surface area contributed by atoms with Crippen LogP contribution >= 0.6 is 0 Å². The van der Waals surface area contributed by atoms with Crippen LogP contribution in [0.1, 0.15) is 0 Å². The molecule has 0 spiro atoms. The van der Waals surface area contributed by atoms with Crippen LogP contribution in [-0.2, 0) is 9.53 Å². The average molecular weight is 222 g/mol. The molecule has 0 heterocycles. The van der Waals surface area contributed by atoms with E-state index < -0.39 is 0 Å². The predicted molar refractivity (Wildman–Crippen MR) is 66.5 cm³/mol. The van der Waals surface area contributed by atoms with Gasteiger partial charge >= 0.3 is 5.97 Å². The van der Waals surface area contributed by atoms with Crippen molar-refractivity contribution < 1.29 is 9.53 Å². The van der Waals surface area contributed by atoms with Crippen molar-refractivity contribution >= 4 is 12.3 Å². The highest BCUT2D eigenvalue weighted by Crippen LogP contribution is 1.86. The fourth-order valence-corrected chi connectivity index (χ4v) is 0.929. The number of aliphatic imine (C=N–C) groups is 1. The van der Waals surface area contributed by atoms with E-state index >= 15 is 0 Å². The molecule has 0 aromatic rings. The molecule has 0 rings (SSSR count). The zero-order valence-electron chi connectivity index (χ0n) is 9.47. The maximum absolute atomic E-state index is 11.1. The third kappa shape index (κ3) is 7.55. The Kier molecular flexibility index (Phi) is 8.59. The zero-order valence-corrected chi connectivity index (χ0v) is 9.47. The summed E-state index contributed by atoms with van der Waals surface area (Å²) in [5, 5.41) is 0. The highest BCUT2D eigenvalue weighted by atomic mass is 16.5. The standard InChI is InChI=1S/C12H18N2O2/c1-4-7-14(8-5-2)11-13-10-12(15)16-9-6-3/h4-6,11H,1-3,7-10H2/b13-11+. The lowest BCUT2D eigenvalue weighted by Gasteiger charge is -2.14. The van der Waals surface area contributed by atoms with E-state index in [0.717, 1.165) is 0 Å². The van der Waals surface area contributed by atoms with Gasteiger partial charge in [0.2, 0.25) is 0 Å². The average Bonchev–Trinajstić information content (AvgIpc) is 2.27. The number of nitrogens with zero attached hydrogens (tertiary/aromatic N) is 2. The van der Waals surface area contributed by atoms with E-state index in [0.29, 0.717) is 13.1 Å². The van der Waals surface area contributed by atoms with Gasteiger partial charge in [-0.1, -0.05) is 24.8 Å². The Morgan fingerprint density at radius 3 is 2.31 bits per heavy atom. The van der Waals surface area contributed by atoms with Gasteiger partial charge in [-0.25, -0.2) is 0 Å². The van der Waals surface area contributed by atoms with Crippen LogP contribution in [0.3, 0.4) is 0 Å². The molecule has 0 atom stereocenters. The summed E-state index contributed by atoms with van der Waals surface area (Å²) in [5.41, 5.74) is 0. The van der Waals surface area contributed by atoms with Gasteiger partial charge in [-0.05, 0) is 0 Å². The summed E-state index contributed by atoms with van der Waals surface area (Å²) in [6.07, 6.45) is 6.62. The first-order chi connectivity index (χ1) is 7.74. The molecule has 0 aliphatic carbocycles. The Labute approximate surface area is 96.6 Å². The van der Waals surface area contributed by atoms with Crippen LogP contribution in [0.4, 0.5) is 0 Å². The molecular formula is C12H18N2O2. The number of esters is 1. The molecule has 0 fully saturated rings. The normalized spacial score (nSPS) is 9.75. The lowest BCUT2D eigenvalue weighted by Crippen LogP contribution is -2.22. The van der Waals surface area contributed by atoms with Crippen molar-refractivity contribution in [3.8, 4) is 0 Å². The second-order valence-corrected chi connectivity index (χ2v) is 2.96. The van der Waals surface area contributed by atoms with Crippen molar-refractivity contribution in [3.63, 3.8) is 0 Å². The minimum atomic E-state index is -0.367. The van der Waals surface area contributed by atoms with Crippen LogP contribution in [0.2, 0.25) is 0 Å². The molecule has 0 aromatic carbocycles. The third-order valence-electron chi connectivity index (χ3n) is 1.55. The maximum atomic E-state index is 11.1. The van der Waals surface area contributed by atoms with E-state index in [4.69, 9.17) is 4.74 Å². The molecule has 16 heavy (non-hydrogen) atoms. The van der Waals surface area contributed by atoms with Crippen LogP contribution in [0.5, 0.6) is 0 Å². The van der Waals surface area contributed by atoms with Crippen molar-refractivity contribution in [2.45, 2.75) is 0 Å². The third-order valence-corrected chi connectivity index (χ3v) is 1.55. The Morgan fingerprint density at radius 1 is 1.19 bits per heavy atom. The number of carbonyl (C=O) groups excluding carboxylic acids is 1. The molecule has 88 valence electrons. The van der Waals surface area contributed by atoms with Crippen molar-refractivity contribution in [2.24, 2.45) is 4.99 Å². The monoisotopic (exact) mass is 222 g/mol. The van der Waals surface area contributed by atoms with Gasteiger partial charge in [-0.2, -0.15) is 0 Å². The van der Waals surface area contributed by atoms with Crippen LogP contribution < -0.4 is 0 Å². The van der Waals surface area contributed by atoms with E-state index in [2.05, 4.69) is 24.7 Å². The second kappa shape index (κ2) is 9.71. The van der Waals surface area contributed by atoms with E-state index in [-0.39, 0.29) is 19.1 Å². The van der Waals surface area contributed by atoms with Crippen molar-refractivity contribution in [3.05, 3.63) is 38.0 Å². The van der Waals surface area contributed by atoms with Crippen molar-refractivity contribution in [1.82, 2.24) is 4.90 Å². The molecule has 4 heteroatoms. The predicted octanol–water partition coefficient (Wildman–Crippen LogP) is 1.42. The summed E-state index contributed by atoms with van der Waals surface area (Å²) in [5.74, 6) is -0.367. The van der Waals surface area contributed by atoms with Gasteiger partial charge in [0.1, 0.15) is 13.2 Å². The second-order valence-electron chi connectivity index (χ2n) is 2.96. The van der Waals surface area contributed by atoms with Gasteiger partial charge < -0.3 is 9.64 Å². The smallest absolute Gasteiger partial charge is 0.328 e. The first-order valence-electron chi connectivity index (χ1n) is 4.97. The highest BCUT2D eigenvalue weighted by Gasteiger charge is 1.99. The molecular weight excluding hydrogens is 204 g/mol. The van der Waals surface area contributed by atoms with E-state index in [9.17, 15) is 4.79 Å². The Hall–Kier alpha value is -1.84. The Bertz CT molecular complexity index is 262. The maximum Gasteiger partial charge on any atom is 0.328 e. The largest absolute Gasteiger partial charge is 0.460 e. The van der Waals surface area contributed by atoms with Gasteiger partial charge in [-0.3, -0.25) is 9.79 Å². The number of hydrogen-bond donors (Lipinski definition) is 0. The lowest BCUT2D eigenvalue weighted by molar-refractivity contribution is -0.140. The van der Waals surface area contributed by atoms with Crippen LogP contribution in [0.25, 0.3) is 0 Å². The van der Waals surface area contributed by atoms with Gasteiger partial charge in [0.05, 0.1) is 6.34 Å². The summed E-state index contributed by atoms with van der Waals surface area (Å²) in [6.45, 7) is 12.3. The molecule has 0 radical (unpaired) electrons. The molecule has 0 unspecified atom stereocenters. The highest BCUT2D eigenvalue weighted by molar-refractivity contribution is 5.73. The minimum absolute atomic E-state index is 0.0125. The molecule has 0 aliphatic heterocycles. The SMILES string of the molecule is C=CCOC(=O)C/N=C/N(CC=C)CC=C. The summed E-state index contributed by atoms with van der Waals surface area (Å²) < 4.78 is 4.76. The first kappa shape index (κ1) is 14.2. The van der Waals surface area contributed by atoms with Gasteiger partial charge in [0, 0.05) is 13.1 Å². The first-order valence-corrected chi connectivity index (χ1v) is 4.97. The van der Waals surface area contributed by atoms with Gasteiger partial charge in [-0.15, -0.1) is 13.2 Å².